The first-order valence-electron chi connectivity index (χ1n) is 5.98. The van der Waals surface area contributed by atoms with Crippen LogP contribution in [0.3, 0.4) is 0 Å². The largest absolute Gasteiger partial charge is 0.347 e. The van der Waals surface area contributed by atoms with Crippen molar-refractivity contribution in [1.82, 2.24) is 5.32 Å². The Labute approximate surface area is 114 Å². The van der Waals surface area contributed by atoms with Crippen molar-refractivity contribution in [2.45, 2.75) is 19.3 Å². The van der Waals surface area contributed by atoms with Gasteiger partial charge in [0.1, 0.15) is 0 Å². The topological polar surface area (TPSA) is 58.2 Å². The van der Waals surface area contributed by atoms with E-state index in [0.29, 0.717) is 0 Å². The number of hydrogen-bond donors (Lipinski definition) is 2. The number of nitrogens with one attached hydrogen (secondary N) is 2. The van der Waals surface area contributed by atoms with E-state index in [2.05, 4.69) is 26.6 Å². The normalized spacial score (nSPS) is 14.7. The molecular weight excluding hydrogens is 296 g/mol. The third kappa shape index (κ3) is 3.57. The molecule has 1 aliphatic carbocycles. The van der Waals surface area contributed by atoms with Crippen LogP contribution in [0.15, 0.2) is 28.7 Å². The van der Waals surface area contributed by atoms with Crippen molar-refractivity contribution < 1.29 is 9.59 Å². The molecule has 2 amide bonds. The lowest BCUT2D eigenvalue weighted by molar-refractivity contribution is -0.129. The lowest BCUT2D eigenvalue weighted by atomic mass is 9.85. The van der Waals surface area contributed by atoms with Crippen LogP contribution in [0.25, 0.3) is 0 Å². The summed E-state index contributed by atoms with van der Waals surface area (Å²) in [6, 6.07) is 7.30. The molecule has 0 aromatic heterocycles. The molecule has 0 unspecified atom stereocenters. The maximum atomic E-state index is 11.6. The number of carbonyl (C=O) groups excluding carboxylic acids is 2. The lowest BCUT2D eigenvalue weighted by Gasteiger charge is -2.23. The molecule has 96 valence electrons. The van der Waals surface area contributed by atoms with Gasteiger partial charge in [0.25, 0.3) is 0 Å². The third-order valence-electron chi connectivity index (χ3n) is 3.03. The van der Waals surface area contributed by atoms with Gasteiger partial charge in [0.2, 0.25) is 11.8 Å². The molecule has 18 heavy (non-hydrogen) atoms. The van der Waals surface area contributed by atoms with Gasteiger partial charge in [-0.15, -0.1) is 0 Å². The zero-order valence-corrected chi connectivity index (χ0v) is 11.5. The van der Waals surface area contributed by atoms with Crippen molar-refractivity contribution in [2.75, 3.05) is 11.9 Å². The fourth-order valence-corrected chi connectivity index (χ4v) is 1.98. The molecule has 0 heterocycles. The SMILES string of the molecule is O=C(CNC(=O)C1CCC1)Nc1ccc(Br)cc1. The molecule has 0 bridgehead atoms. The molecular formula is C13H15BrN2O2. The van der Waals surface area contributed by atoms with E-state index in [4.69, 9.17) is 0 Å². The standard InChI is InChI=1S/C13H15BrN2O2/c14-10-4-6-11(7-5-10)16-12(17)8-15-13(18)9-2-1-3-9/h4-7,9H,1-3,8H2,(H,15,18)(H,16,17). The Morgan fingerprint density at radius 3 is 2.44 bits per heavy atom. The van der Waals surface area contributed by atoms with Crippen molar-refractivity contribution in [3.63, 3.8) is 0 Å². The van der Waals surface area contributed by atoms with Crippen LogP contribution in [0.1, 0.15) is 19.3 Å². The van der Waals surface area contributed by atoms with Crippen LogP contribution in [-0.4, -0.2) is 18.4 Å². The van der Waals surface area contributed by atoms with Crippen molar-refractivity contribution in [1.29, 1.82) is 0 Å². The van der Waals surface area contributed by atoms with E-state index in [1.165, 1.54) is 0 Å². The van der Waals surface area contributed by atoms with Gasteiger partial charge in [0, 0.05) is 16.1 Å². The molecule has 0 atom stereocenters. The van der Waals surface area contributed by atoms with Gasteiger partial charge in [-0.1, -0.05) is 22.4 Å². The average Bonchev–Trinajstić information content (AvgIpc) is 2.27. The van der Waals surface area contributed by atoms with Crippen molar-refractivity contribution in [3.05, 3.63) is 28.7 Å². The number of amides is 2. The maximum absolute atomic E-state index is 11.6. The van der Waals surface area contributed by atoms with Crippen LogP contribution in [0.5, 0.6) is 0 Å². The lowest BCUT2D eigenvalue weighted by Crippen LogP contribution is -2.39. The summed E-state index contributed by atoms with van der Waals surface area (Å²) >= 11 is 3.32. The van der Waals surface area contributed by atoms with Crippen LogP contribution >= 0.6 is 15.9 Å². The molecule has 0 aliphatic heterocycles. The Hall–Kier alpha value is -1.36. The Kier molecular flexibility index (Phi) is 4.36. The van der Waals surface area contributed by atoms with Gasteiger partial charge < -0.3 is 10.6 Å². The summed E-state index contributed by atoms with van der Waals surface area (Å²) in [5.74, 6) is -0.0947. The summed E-state index contributed by atoms with van der Waals surface area (Å²) in [6.45, 7) is 0.0331. The monoisotopic (exact) mass is 310 g/mol. The quantitative estimate of drug-likeness (QED) is 0.896. The van der Waals surface area contributed by atoms with Gasteiger partial charge in [-0.25, -0.2) is 0 Å². The molecule has 2 N–H and O–H groups in total. The number of rotatable bonds is 4. The summed E-state index contributed by atoms with van der Waals surface area (Å²) < 4.78 is 0.957. The first-order chi connectivity index (χ1) is 8.65. The van der Waals surface area contributed by atoms with Crippen molar-refractivity contribution in [3.8, 4) is 0 Å². The Bertz CT molecular complexity index is 441. The molecule has 1 fully saturated rings. The Balaban J connectivity index is 1.74. The highest BCUT2D eigenvalue weighted by Crippen LogP contribution is 2.26. The van der Waals surface area contributed by atoms with E-state index >= 15 is 0 Å². The molecule has 1 saturated carbocycles. The van der Waals surface area contributed by atoms with E-state index in [1.54, 1.807) is 12.1 Å². The van der Waals surface area contributed by atoms with E-state index in [1.807, 2.05) is 12.1 Å². The van der Waals surface area contributed by atoms with E-state index in [-0.39, 0.29) is 24.3 Å². The smallest absolute Gasteiger partial charge is 0.243 e. The fourth-order valence-electron chi connectivity index (χ4n) is 1.72. The second kappa shape index (κ2) is 6.00. The molecule has 0 spiro atoms. The number of halogens is 1. The van der Waals surface area contributed by atoms with Crippen LogP contribution in [0.2, 0.25) is 0 Å². The van der Waals surface area contributed by atoms with Gasteiger partial charge in [-0.2, -0.15) is 0 Å². The third-order valence-corrected chi connectivity index (χ3v) is 3.56. The van der Waals surface area contributed by atoms with Crippen molar-refractivity contribution in [2.24, 2.45) is 5.92 Å². The predicted octanol–water partition coefficient (Wildman–Crippen LogP) is 2.30. The molecule has 1 aliphatic rings. The molecule has 1 aromatic rings. The summed E-state index contributed by atoms with van der Waals surface area (Å²) in [6.07, 6.45) is 3.00. The predicted molar refractivity (Wildman–Crippen MR) is 73.1 cm³/mol. The highest BCUT2D eigenvalue weighted by atomic mass is 79.9. The Morgan fingerprint density at radius 1 is 1.22 bits per heavy atom. The van der Waals surface area contributed by atoms with E-state index < -0.39 is 0 Å². The van der Waals surface area contributed by atoms with Crippen LogP contribution in [-0.2, 0) is 9.59 Å². The number of anilines is 1. The molecule has 2 rings (SSSR count). The average molecular weight is 311 g/mol. The second-order valence-electron chi connectivity index (χ2n) is 4.40. The van der Waals surface area contributed by atoms with Gasteiger partial charge >= 0.3 is 0 Å². The van der Waals surface area contributed by atoms with Crippen LogP contribution < -0.4 is 10.6 Å². The zero-order chi connectivity index (χ0) is 13.0. The highest BCUT2D eigenvalue weighted by Gasteiger charge is 2.25. The fraction of sp³-hybridized carbons (Fsp3) is 0.385. The Morgan fingerprint density at radius 2 is 1.89 bits per heavy atom. The van der Waals surface area contributed by atoms with Crippen LogP contribution in [0.4, 0.5) is 5.69 Å². The molecule has 0 radical (unpaired) electrons. The molecule has 1 aromatic carbocycles. The molecule has 0 saturated heterocycles. The number of hydrogen-bond acceptors (Lipinski definition) is 2. The van der Waals surface area contributed by atoms with Crippen molar-refractivity contribution >= 4 is 33.4 Å². The first kappa shape index (κ1) is 13.1. The van der Waals surface area contributed by atoms with E-state index in [9.17, 15) is 9.59 Å². The van der Waals surface area contributed by atoms with Gasteiger partial charge in [0.05, 0.1) is 6.54 Å². The van der Waals surface area contributed by atoms with E-state index in [0.717, 1.165) is 29.4 Å². The summed E-state index contributed by atoms with van der Waals surface area (Å²) in [7, 11) is 0. The molecule has 5 heteroatoms. The van der Waals surface area contributed by atoms with Crippen LogP contribution in [0, 0.1) is 5.92 Å². The second-order valence-corrected chi connectivity index (χ2v) is 5.32. The number of carbonyl (C=O) groups is 2. The maximum Gasteiger partial charge on any atom is 0.243 e. The van der Waals surface area contributed by atoms with Gasteiger partial charge in [-0.3, -0.25) is 9.59 Å². The minimum atomic E-state index is -0.204. The summed E-state index contributed by atoms with van der Waals surface area (Å²) in [5.41, 5.74) is 0.723. The highest BCUT2D eigenvalue weighted by molar-refractivity contribution is 9.10. The van der Waals surface area contributed by atoms with Gasteiger partial charge in [0.15, 0.2) is 0 Å². The first-order valence-corrected chi connectivity index (χ1v) is 6.77. The summed E-state index contributed by atoms with van der Waals surface area (Å²) in [4.78, 5) is 23.1. The van der Waals surface area contributed by atoms with Gasteiger partial charge in [-0.05, 0) is 37.1 Å². The summed E-state index contributed by atoms with van der Waals surface area (Å²) in [5, 5.41) is 5.38. The minimum absolute atomic E-state index is 0.00722. The number of benzene rings is 1. The molecule has 4 nitrogen and oxygen atoms in total. The zero-order valence-electron chi connectivity index (χ0n) is 9.91. The minimum Gasteiger partial charge on any atom is -0.347 e.